The molecule has 0 aliphatic heterocycles. The highest BCUT2D eigenvalue weighted by atomic mass is 32.2. The summed E-state index contributed by atoms with van der Waals surface area (Å²) in [5, 5.41) is 18.8. The predicted octanol–water partition coefficient (Wildman–Crippen LogP) is 3.16. The van der Waals surface area contributed by atoms with Crippen LogP contribution in [0.2, 0.25) is 0 Å². The molecule has 146 valence electrons. The third kappa shape index (κ3) is 4.07. The van der Waals surface area contributed by atoms with Gasteiger partial charge in [-0.25, -0.2) is 18.0 Å². The van der Waals surface area contributed by atoms with Crippen LogP contribution in [0.15, 0.2) is 47.4 Å². The number of sulfonamides is 1. The molecule has 0 fully saturated rings. The maximum Gasteiger partial charge on any atom is 0.338 e. The number of aromatic carboxylic acids is 1. The smallest absolute Gasteiger partial charge is 0.338 e. The van der Waals surface area contributed by atoms with E-state index in [1.165, 1.54) is 18.2 Å². The summed E-state index contributed by atoms with van der Waals surface area (Å²) < 4.78 is 28.0. The topological polar surface area (TPSA) is 121 Å². The highest BCUT2D eigenvalue weighted by Gasteiger charge is 2.27. The Morgan fingerprint density at radius 2 is 1.71 bits per heavy atom. The van der Waals surface area contributed by atoms with Gasteiger partial charge < -0.3 is 10.2 Å². The van der Waals surface area contributed by atoms with Crippen LogP contribution >= 0.6 is 0 Å². The second-order valence-corrected chi connectivity index (χ2v) is 8.14. The molecule has 0 heterocycles. The van der Waals surface area contributed by atoms with Crippen molar-refractivity contribution in [3.63, 3.8) is 0 Å². The van der Waals surface area contributed by atoms with Crippen LogP contribution in [0.3, 0.4) is 0 Å². The fourth-order valence-electron chi connectivity index (χ4n) is 3.36. The third-order valence-corrected chi connectivity index (χ3v) is 5.96. The van der Waals surface area contributed by atoms with E-state index in [-0.39, 0.29) is 21.7 Å². The summed E-state index contributed by atoms with van der Waals surface area (Å²) in [5.41, 5.74) is 1.37. The van der Waals surface area contributed by atoms with Crippen LogP contribution in [0.4, 0.5) is 5.69 Å². The predicted molar refractivity (Wildman–Crippen MR) is 104 cm³/mol. The molecule has 8 heteroatoms. The summed E-state index contributed by atoms with van der Waals surface area (Å²) in [7, 11) is -4.05. The summed E-state index contributed by atoms with van der Waals surface area (Å²) in [6.07, 6.45) is 4.96. The van der Waals surface area contributed by atoms with E-state index in [0.29, 0.717) is 18.4 Å². The first-order valence-corrected chi connectivity index (χ1v) is 10.2. The van der Waals surface area contributed by atoms with Crippen molar-refractivity contribution in [1.29, 1.82) is 0 Å². The maximum atomic E-state index is 12.8. The van der Waals surface area contributed by atoms with Gasteiger partial charge in [-0.15, -0.1) is 0 Å². The van der Waals surface area contributed by atoms with E-state index in [4.69, 9.17) is 5.11 Å². The van der Waals surface area contributed by atoms with Crippen LogP contribution in [0, 0.1) is 0 Å². The molecule has 0 bridgehead atoms. The Balaban J connectivity index is 2.22. The number of carbonyl (C=O) groups is 2. The molecule has 0 saturated heterocycles. The van der Waals surface area contributed by atoms with Gasteiger partial charge in [-0.05, 0) is 61.1 Å². The zero-order chi connectivity index (χ0) is 20.3. The number of aryl methyl sites for hydroxylation is 1. The number of fused-ring (bicyclic) bond motifs is 1. The van der Waals surface area contributed by atoms with E-state index in [0.717, 1.165) is 24.5 Å². The summed E-state index contributed by atoms with van der Waals surface area (Å²) in [4.78, 5) is 23.0. The molecule has 0 atom stereocenters. The normalized spacial score (nSPS) is 13.9. The number of carboxylic acids is 2. The molecule has 0 spiro atoms. The first-order valence-electron chi connectivity index (χ1n) is 8.70. The lowest BCUT2D eigenvalue weighted by molar-refractivity contribution is -0.131. The molecule has 1 aliphatic carbocycles. The van der Waals surface area contributed by atoms with E-state index in [9.17, 15) is 23.1 Å². The van der Waals surface area contributed by atoms with Crippen molar-refractivity contribution in [2.24, 2.45) is 0 Å². The minimum Gasteiger partial charge on any atom is -0.478 e. The molecule has 0 unspecified atom stereocenters. The van der Waals surface area contributed by atoms with Crippen molar-refractivity contribution >= 4 is 33.7 Å². The number of benzene rings is 2. The van der Waals surface area contributed by atoms with Gasteiger partial charge in [0.05, 0.1) is 16.1 Å². The van der Waals surface area contributed by atoms with Crippen LogP contribution in [-0.4, -0.2) is 30.6 Å². The minimum absolute atomic E-state index is 0.0165. The van der Waals surface area contributed by atoms with Crippen molar-refractivity contribution < 1.29 is 28.2 Å². The Morgan fingerprint density at radius 3 is 2.36 bits per heavy atom. The van der Waals surface area contributed by atoms with E-state index in [1.807, 2.05) is 0 Å². The van der Waals surface area contributed by atoms with Gasteiger partial charge in [0.2, 0.25) is 0 Å². The lowest BCUT2D eigenvalue weighted by Crippen LogP contribution is -2.20. The number of hydrogen-bond donors (Lipinski definition) is 3. The van der Waals surface area contributed by atoms with Crippen LogP contribution in [-0.2, 0) is 27.7 Å². The number of hydrogen-bond acceptors (Lipinski definition) is 4. The standard InChI is InChI=1S/C20H19NO6S/c22-17(23)11-10-14-12-13-6-4-5-9-16(13)18(20(24)25)19(14)21-28(26,27)15-7-2-1-3-8-15/h1-3,7-8,10-12,21H,4-6,9H2,(H,22,23)(H,24,25). The molecule has 7 nitrogen and oxygen atoms in total. The zero-order valence-corrected chi connectivity index (χ0v) is 15.7. The van der Waals surface area contributed by atoms with E-state index < -0.39 is 22.0 Å². The van der Waals surface area contributed by atoms with Gasteiger partial charge in [0.15, 0.2) is 0 Å². The van der Waals surface area contributed by atoms with Crippen LogP contribution in [0.25, 0.3) is 6.08 Å². The van der Waals surface area contributed by atoms with Gasteiger partial charge in [0.1, 0.15) is 0 Å². The Hall–Kier alpha value is -3.13. The quantitative estimate of drug-likeness (QED) is 0.640. The highest BCUT2D eigenvalue weighted by Crippen LogP contribution is 2.35. The molecule has 0 saturated carbocycles. The monoisotopic (exact) mass is 401 g/mol. The number of anilines is 1. The number of aliphatic carboxylic acids is 1. The van der Waals surface area contributed by atoms with E-state index >= 15 is 0 Å². The van der Waals surface area contributed by atoms with Crippen molar-refractivity contribution in [1.82, 2.24) is 0 Å². The fourth-order valence-corrected chi connectivity index (χ4v) is 4.48. The highest BCUT2D eigenvalue weighted by molar-refractivity contribution is 7.92. The molecule has 0 amide bonds. The van der Waals surface area contributed by atoms with Crippen molar-refractivity contribution in [2.75, 3.05) is 4.72 Å². The van der Waals surface area contributed by atoms with Crippen LogP contribution in [0.1, 0.15) is 39.9 Å². The second-order valence-electron chi connectivity index (χ2n) is 6.46. The van der Waals surface area contributed by atoms with Crippen molar-refractivity contribution in [3.8, 4) is 0 Å². The van der Waals surface area contributed by atoms with Crippen molar-refractivity contribution in [3.05, 3.63) is 64.7 Å². The lowest BCUT2D eigenvalue weighted by Gasteiger charge is -2.23. The molecule has 2 aromatic carbocycles. The second kappa shape index (κ2) is 7.85. The third-order valence-electron chi connectivity index (χ3n) is 4.59. The Morgan fingerprint density at radius 1 is 1.04 bits per heavy atom. The van der Waals surface area contributed by atoms with E-state index in [1.54, 1.807) is 24.3 Å². The first-order chi connectivity index (χ1) is 13.3. The van der Waals surface area contributed by atoms with Gasteiger partial charge in [-0.1, -0.05) is 18.2 Å². The molecule has 0 radical (unpaired) electrons. The zero-order valence-electron chi connectivity index (χ0n) is 14.9. The van der Waals surface area contributed by atoms with Crippen LogP contribution in [0.5, 0.6) is 0 Å². The summed E-state index contributed by atoms with van der Waals surface area (Å²) in [6, 6.07) is 9.25. The molecule has 3 rings (SSSR count). The summed E-state index contributed by atoms with van der Waals surface area (Å²) >= 11 is 0. The summed E-state index contributed by atoms with van der Waals surface area (Å²) in [5.74, 6) is -2.47. The van der Waals surface area contributed by atoms with E-state index in [2.05, 4.69) is 4.72 Å². The van der Waals surface area contributed by atoms with Gasteiger partial charge in [0, 0.05) is 11.6 Å². The number of nitrogens with one attached hydrogen (secondary N) is 1. The maximum absolute atomic E-state index is 12.8. The van der Waals surface area contributed by atoms with Gasteiger partial charge >= 0.3 is 11.9 Å². The fraction of sp³-hybridized carbons (Fsp3) is 0.200. The first kappa shape index (κ1) is 19.6. The average molecular weight is 401 g/mol. The Kier molecular flexibility index (Phi) is 5.51. The van der Waals surface area contributed by atoms with Gasteiger partial charge in [-0.3, -0.25) is 4.72 Å². The molecule has 0 aromatic heterocycles. The van der Waals surface area contributed by atoms with Crippen molar-refractivity contribution in [2.45, 2.75) is 30.6 Å². The van der Waals surface area contributed by atoms with Crippen LogP contribution < -0.4 is 4.72 Å². The Labute approximate surface area is 162 Å². The van der Waals surface area contributed by atoms with Gasteiger partial charge in [-0.2, -0.15) is 0 Å². The molecular weight excluding hydrogens is 382 g/mol. The Bertz CT molecular complexity index is 1060. The molecular formula is C20H19NO6S. The average Bonchev–Trinajstić information content (AvgIpc) is 2.66. The number of rotatable bonds is 6. The lowest BCUT2D eigenvalue weighted by atomic mass is 9.85. The largest absolute Gasteiger partial charge is 0.478 e. The number of carboxylic acid groups (broad SMARTS) is 2. The molecule has 3 N–H and O–H groups in total. The molecule has 1 aliphatic rings. The SMILES string of the molecule is O=C(O)C=Cc1cc2c(c(C(=O)O)c1NS(=O)(=O)c1ccccc1)CCCC2. The minimum atomic E-state index is -4.05. The summed E-state index contributed by atoms with van der Waals surface area (Å²) in [6.45, 7) is 0. The van der Waals surface area contributed by atoms with Gasteiger partial charge in [0.25, 0.3) is 10.0 Å². The molecule has 2 aromatic rings. The molecule has 28 heavy (non-hydrogen) atoms.